The van der Waals surface area contributed by atoms with Gasteiger partial charge in [-0.3, -0.25) is 4.79 Å². The highest BCUT2D eigenvalue weighted by atomic mass is 127. The van der Waals surface area contributed by atoms with Crippen LogP contribution in [0.25, 0.3) is 0 Å². The third-order valence-electron chi connectivity index (χ3n) is 3.23. The molecule has 1 aliphatic rings. The molecule has 1 amide bonds. The van der Waals surface area contributed by atoms with Crippen LogP contribution in [0.5, 0.6) is 0 Å². The number of hydrogen-bond acceptors (Lipinski definition) is 2. The van der Waals surface area contributed by atoms with Crippen LogP contribution in [0.2, 0.25) is 5.02 Å². The molecule has 0 bridgehead atoms. The zero-order valence-corrected chi connectivity index (χ0v) is 13.5. The zero-order chi connectivity index (χ0) is 13.7. The number of amides is 1. The van der Waals surface area contributed by atoms with Gasteiger partial charge in [0.25, 0.3) is 5.91 Å². The highest BCUT2D eigenvalue weighted by Gasteiger charge is 2.15. The molecule has 5 heteroatoms. The van der Waals surface area contributed by atoms with Crippen molar-refractivity contribution in [3.63, 3.8) is 0 Å². The fraction of sp³-hybridized carbons (Fsp3) is 0.500. The van der Waals surface area contributed by atoms with Crippen LogP contribution < -0.4 is 5.32 Å². The van der Waals surface area contributed by atoms with Crippen molar-refractivity contribution in [2.75, 3.05) is 13.2 Å². The molecule has 1 aromatic carbocycles. The molecule has 3 nitrogen and oxygen atoms in total. The maximum atomic E-state index is 11.9. The zero-order valence-electron chi connectivity index (χ0n) is 10.6. The van der Waals surface area contributed by atoms with Gasteiger partial charge in [-0.15, -0.1) is 0 Å². The third-order valence-corrected chi connectivity index (χ3v) is 4.80. The number of nitrogens with one attached hydrogen (secondary N) is 1. The van der Waals surface area contributed by atoms with Crippen LogP contribution in [0.3, 0.4) is 0 Å². The monoisotopic (exact) mass is 393 g/mol. The lowest BCUT2D eigenvalue weighted by Crippen LogP contribution is -2.28. The van der Waals surface area contributed by atoms with Crippen molar-refractivity contribution >= 4 is 40.1 Å². The van der Waals surface area contributed by atoms with E-state index in [0.29, 0.717) is 29.8 Å². The van der Waals surface area contributed by atoms with E-state index in [1.165, 1.54) is 12.8 Å². The molecule has 0 atom stereocenters. The molecule has 19 heavy (non-hydrogen) atoms. The summed E-state index contributed by atoms with van der Waals surface area (Å²) in [6.45, 7) is 1.12. The van der Waals surface area contributed by atoms with Crippen molar-refractivity contribution < 1.29 is 9.53 Å². The topological polar surface area (TPSA) is 38.3 Å². The maximum Gasteiger partial charge on any atom is 0.251 e. The summed E-state index contributed by atoms with van der Waals surface area (Å²) in [5.41, 5.74) is 0.589. The number of benzene rings is 1. The second kappa shape index (κ2) is 7.45. The average molecular weight is 394 g/mol. The Bertz CT molecular complexity index is 447. The average Bonchev–Trinajstić information content (AvgIpc) is 2.91. The van der Waals surface area contributed by atoms with Crippen molar-refractivity contribution in [2.24, 2.45) is 0 Å². The molecule has 104 valence electrons. The van der Waals surface area contributed by atoms with E-state index in [1.807, 2.05) is 6.07 Å². The van der Waals surface area contributed by atoms with Gasteiger partial charge in [-0.1, -0.05) is 24.4 Å². The Kier molecular flexibility index (Phi) is 5.91. The molecule has 0 aliphatic heterocycles. The van der Waals surface area contributed by atoms with E-state index in [2.05, 4.69) is 27.9 Å². The lowest BCUT2D eigenvalue weighted by Gasteiger charge is -2.11. The first-order chi connectivity index (χ1) is 9.16. The third kappa shape index (κ3) is 4.61. The molecule has 1 aromatic rings. The molecule has 0 saturated heterocycles. The van der Waals surface area contributed by atoms with Crippen LogP contribution in [-0.2, 0) is 4.74 Å². The van der Waals surface area contributed by atoms with Gasteiger partial charge < -0.3 is 10.1 Å². The van der Waals surface area contributed by atoms with Gasteiger partial charge in [-0.2, -0.15) is 0 Å². The van der Waals surface area contributed by atoms with Gasteiger partial charge in [-0.05, 0) is 53.6 Å². The Labute approximate surface area is 132 Å². The number of carbonyl (C=O) groups is 1. The van der Waals surface area contributed by atoms with E-state index in [1.54, 1.807) is 12.1 Å². The van der Waals surface area contributed by atoms with Gasteiger partial charge in [0, 0.05) is 15.7 Å². The van der Waals surface area contributed by atoms with Gasteiger partial charge in [0.2, 0.25) is 0 Å². The van der Waals surface area contributed by atoms with Crippen molar-refractivity contribution in [1.82, 2.24) is 5.32 Å². The van der Waals surface area contributed by atoms with E-state index in [0.717, 1.165) is 16.4 Å². The van der Waals surface area contributed by atoms with Crippen molar-refractivity contribution in [3.05, 3.63) is 32.4 Å². The quantitative estimate of drug-likeness (QED) is 0.613. The molecule has 2 rings (SSSR count). The lowest BCUT2D eigenvalue weighted by molar-refractivity contribution is 0.0582. The number of ether oxygens (including phenoxy) is 1. The molecule has 0 radical (unpaired) electrons. The van der Waals surface area contributed by atoms with Gasteiger partial charge >= 0.3 is 0 Å². The highest BCUT2D eigenvalue weighted by molar-refractivity contribution is 14.1. The summed E-state index contributed by atoms with van der Waals surface area (Å²) in [6, 6.07) is 5.31. The Morgan fingerprint density at radius 2 is 2.16 bits per heavy atom. The fourth-order valence-electron chi connectivity index (χ4n) is 2.18. The standard InChI is InChI=1S/C14H17ClINO2/c15-12-9-10(5-6-13(12)16)14(18)17-7-8-19-11-3-1-2-4-11/h5-6,9,11H,1-4,7-8H2,(H,17,18). The largest absolute Gasteiger partial charge is 0.376 e. The van der Waals surface area contributed by atoms with Gasteiger partial charge in [0.1, 0.15) is 0 Å². The summed E-state index contributed by atoms with van der Waals surface area (Å²) in [7, 11) is 0. The first kappa shape index (κ1) is 15.1. The predicted molar refractivity (Wildman–Crippen MR) is 84.7 cm³/mol. The van der Waals surface area contributed by atoms with Gasteiger partial charge in [0.15, 0.2) is 0 Å². The SMILES string of the molecule is O=C(NCCOC1CCCC1)c1ccc(I)c(Cl)c1. The Morgan fingerprint density at radius 3 is 2.84 bits per heavy atom. The molecular weight excluding hydrogens is 377 g/mol. The maximum absolute atomic E-state index is 11.9. The number of halogens is 2. The Balaban J connectivity index is 1.72. The van der Waals surface area contributed by atoms with E-state index >= 15 is 0 Å². The Hall–Kier alpha value is -0.330. The number of carbonyl (C=O) groups excluding carboxylic acids is 1. The van der Waals surface area contributed by atoms with E-state index in [9.17, 15) is 4.79 Å². The van der Waals surface area contributed by atoms with Crippen molar-refractivity contribution in [2.45, 2.75) is 31.8 Å². The molecule has 1 fully saturated rings. The van der Waals surface area contributed by atoms with Crippen LogP contribution in [0, 0.1) is 3.57 Å². The smallest absolute Gasteiger partial charge is 0.251 e. The van der Waals surface area contributed by atoms with Crippen LogP contribution in [0.4, 0.5) is 0 Å². The molecular formula is C14H17ClINO2. The minimum Gasteiger partial charge on any atom is -0.376 e. The van der Waals surface area contributed by atoms with Crippen molar-refractivity contribution in [1.29, 1.82) is 0 Å². The van der Waals surface area contributed by atoms with Crippen LogP contribution in [-0.4, -0.2) is 25.2 Å². The van der Waals surface area contributed by atoms with Crippen LogP contribution in [0.1, 0.15) is 36.0 Å². The van der Waals surface area contributed by atoms with Crippen molar-refractivity contribution in [3.8, 4) is 0 Å². The summed E-state index contributed by atoms with van der Waals surface area (Å²) in [4.78, 5) is 11.9. The van der Waals surface area contributed by atoms with Crippen LogP contribution >= 0.6 is 34.2 Å². The summed E-state index contributed by atoms with van der Waals surface area (Å²) < 4.78 is 6.63. The second-order valence-electron chi connectivity index (χ2n) is 4.66. The summed E-state index contributed by atoms with van der Waals surface area (Å²) in [5.74, 6) is -0.103. The highest BCUT2D eigenvalue weighted by Crippen LogP contribution is 2.21. The van der Waals surface area contributed by atoms with Gasteiger partial charge in [-0.25, -0.2) is 0 Å². The molecule has 0 heterocycles. The Morgan fingerprint density at radius 1 is 1.42 bits per heavy atom. The lowest BCUT2D eigenvalue weighted by atomic mass is 10.2. The molecule has 0 aromatic heterocycles. The predicted octanol–water partition coefficient (Wildman–Crippen LogP) is 3.63. The first-order valence-corrected chi connectivity index (χ1v) is 7.97. The summed E-state index contributed by atoms with van der Waals surface area (Å²) in [6.07, 6.45) is 5.22. The number of hydrogen-bond donors (Lipinski definition) is 1. The van der Waals surface area contributed by atoms with E-state index in [4.69, 9.17) is 16.3 Å². The minimum atomic E-state index is -0.103. The first-order valence-electron chi connectivity index (χ1n) is 6.51. The second-order valence-corrected chi connectivity index (χ2v) is 6.23. The molecule has 1 saturated carbocycles. The molecule has 0 spiro atoms. The molecule has 0 unspecified atom stereocenters. The normalized spacial score (nSPS) is 15.7. The number of rotatable bonds is 5. The molecule has 1 aliphatic carbocycles. The fourth-order valence-corrected chi connectivity index (χ4v) is 2.70. The minimum absolute atomic E-state index is 0.103. The van der Waals surface area contributed by atoms with Gasteiger partial charge in [0.05, 0.1) is 17.7 Å². The van der Waals surface area contributed by atoms with E-state index in [-0.39, 0.29) is 5.91 Å². The van der Waals surface area contributed by atoms with E-state index < -0.39 is 0 Å². The summed E-state index contributed by atoms with van der Waals surface area (Å²) >= 11 is 8.13. The molecule has 1 N–H and O–H groups in total. The summed E-state index contributed by atoms with van der Waals surface area (Å²) in [5, 5.41) is 3.45. The van der Waals surface area contributed by atoms with Crippen LogP contribution in [0.15, 0.2) is 18.2 Å².